The van der Waals surface area contributed by atoms with Gasteiger partial charge in [0.15, 0.2) is 6.61 Å². The number of hydrogen-bond acceptors (Lipinski definition) is 4. The molecule has 1 aromatic rings. The highest BCUT2D eigenvalue weighted by Gasteiger charge is 2.27. The van der Waals surface area contributed by atoms with Crippen LogP contribution >= 0.6 is 23.2 Å². The third-order valence-electron chi connectivity index (χ3n) is 4.10. The molecule has 3 N–H and O–H groups in total. The number of rotatable bonds is 7. The molecule has 1 fully saturated rings. The summed E-state index contributed by atoms with van der Waals surface area (Å²) in [5.74, 6) is 0.156. The van der Waals surface area contributed by atoms with E-state index in [4.69, 9.17) is 33.7 Å². The number of carbonyl (C=O) groups is 2. The normalized spacial score (nSPS) is 17.2. The lowest BCUT2D eigenvalue weighted by Gasteiger charge is -2.35. The van der Waals surface area contributed by atoms with Gasteiger partial charge in [-0.3, -0.25) is 9.59 Å². The molecule has 0 aromatic heterocycles. The van der Waals surface area contributed by atoms with E-state index in [1.54, 1.807) is 23.1 Å². The van der Waals surface area contributed by atoms with Crippen molar-refractivity contribution in [1.82, 2.24) is 10.2 Å². The number of piperidine rings is 1. The average Bonchev–Trinajstić information content (AvgIpc) is 2.61. The Morgan fingerprint density at radius 1 is 1.32 bits per heavy atom. The van der Waals surface area contributed by atoms with Gasteiger partial charge in [-0.1, -0.05) is 23.2 Å². The molecule has 0 radical (unpaired) electrons. The van der Waals surface area contributed by atoms with Gasteiger partial charge in [0.1, 0.15) is 5.75 Å². The van der Waals surface area contributed by atoms with E-state index in [-0.39, 0.29) is 30.9 Å². The summed E-state index contributed by atoms with van der Waals surface area (Å²) in [6, 6.07) is 4.84. The molecule has 1 saturated heterocycles. The number of benzene rings is 1. The van der Waals surface area contributed by atoms with E-state index < -0.39 is 0 Å². The molecule has 2 rings (SSSR count). The van der Waals surface area contributed by atoms with Crippen LogP contribution in [-0.4, -0.2) is 49.0 Å². The molecule has 1 aliphatic rings. The second-order valence-electron chi connectivity index (χ2n) is 5.94. The second kappa shape index (κ2) is 9.85. The number of ether oxygens (including phenoxy) is 1. The highest BCUT2D eigenvalue weighted by atomic mass is 35.5. The molecule has 1 aromatic carbocycles. The van der Waals surface area contributed by atoms with Crippen LogP contribution in [0.2, 0.25) is 10.0 Å². The summed E-state index contributed by atoms with van der Waals surface area (Å²) in [4.78, 5) is 25.9. The Bertz CT molecular complexity index is 613. The molecule has 0 spiro atoms. The minimum Gasteiger partial charge on any atom is -0.482 e. The fourth-order valence-electron chi connectivity index (χ4n) is 2.80. The van der Waals surface area contributed by atoms with Crippen LogP contribution in [0, 0.1) is 0 Å². The van der Waals surface area contributed by atoms with Crippen molar-refractivity contribution < 1.29 is 14.3 Å². The fourth-order valence-corrected chi connectivity index (χ4v) is 3.14. The first-order valence-corrected chi connectivity index (χ1v) is 9.11. The van der Waals surface area contributed by atoms with Crippen LogP contribution in [0.3, 0.4) is 0 Å². The molecule has 138 valence electrons. The molecule has 0 saturated carbocycles. The zero-order valence-corrected chi connectivity index (χ0v) is 15.5. The molecule has 0 aliphatic carbocycles. The van der Waals surface area contributed by atoms with Gasteiger partial charge in [-0.2, -0.15) is 0 Å². The SMILES string of the molecule is NCCC(=O)NCC1CCCCN1C(=O)COc1cc(Cl)ccc1Cl. The topological polar surface area (TPSA) is 84.7 Å². The predicted molar refractivity (Wildman–Crippen MR) is 98.0 cm³/mol. The van der Waals surface area contributed by atoms with Gasteiger partial charge in [0, 0.05) is 43.2 Å². The molecule has 25 heavy (non-hydrogen) atoms. The van der Waals surface area contributed by atoms with Gasteiger partial charge in [0.25, 0.3) is 5.91 Å². The lowest BCUT2D eigenvalue weighted by Crippen LogP contribution is -2.50. The Balaban J connectivity index is 1.91. The number of likely N-dealkylation sites (tertiary alicyclic amines) is 1. The Kier molecular flexibility index (Phi) is 7.81. The van der Waals surface area contributed by atoms with E-state index in [1.807, 2.05) is 0 Å². The van der Waals surface area contributed by atoms with Crippen molar-refractivity contribution in [3.05, 3.63) is 28.2 Å². The number of amides is 2. The highest BCUT2D eigenvalue weighted by Crippen LogP contribution is 2.28. The molecular formula is C17H23Cl2N3O3. The van der Waals surface area contributed by atoms with E-state index in [0.29, 0.717) is 35.4 Å². The Labute approximate surface area is 157 Å². The van der Waals surface area contributed by atoms with Crippen molar-refractivity contribution in [3.63, 3.8) is 0 Å². The van der Waals surface area contributed by atoms with E-state index in [2.05, 4.69) is 5.32 Å². The summed E-state index contributed by atoms with van der Waals surface area (Å²) in [6.45, 7) is 1.28. The summed E-state index contributed by atoms with van der Waals surface area (Å²) in [6.07, 6.45) is 3.11. The van der Waals surface area contributed by atoms with Gasteiger partial charge in [-0.15, -0.1) is 0 Å². The monoisotopic (exact) mass is 387 g/mol. The van der Waals surface area contributed by atoms with E-state index in [1.165, 1.54) is 0 Å². The Morgan fingerprint density at radius 2 is 2.12 bits per heavy atom. The van der Waals surface area contributed by atoms with Gasteiger partial charge < -0.3 is 20.7 Å². The lowest BCUT2D eigenvalue weighted by molar-refractivity contribution is -0.137. The maximum absolute atomic E-state index is 12.5. The van der Waals surface area contributed by atoms with Crippen molar-refractivity contribution in [2.75, 3.05) is 26.2 Å². The quantitative estimate of drug-likeness (QED) is 0.750. The van der Waals surface area contributed by atoms with Crippen LogP contribution in [0.25, 0.3) is 0 Å². The van der Waals surface area contributed by atoms with Crippen molar-refractivity contribution in [2.24, 2.45) is 5.73 Å². The van der Waals surface area contributed by atoms with Gasteiger partial charge in [0.05, 0.1) is 5.02 Å². The van der Waals surface area contributed by atoms with E-state index in [0.717, 1.165) is 19.3 Å². The summed E-state index contributed by atoms with van der Waals surface area (Å²) < 4.78 is 5.53. The second-order valence-corrected chi connectivity index (χ2v) is 6.79. The number of halogens is 2. The molecule has 1 unspecified atom stereocenters. The third-order valence-corrected chi connectivity index (χ3v) is 4.65. The minimum atomic E-state index is -0.131. The van der Waals surface area contributed by atoms with Crippen LogP contribution in [0.15, 0.2) is 18.2 Å². The van der Waals surface area contributed by atoms with Gasteiger partial charge in [-0.05, 0) is 31.4 Å². The molecule has 2 amide bonds. The standard InChI is InChI=1S/C17H23Cl2N3O3/c18-12-4-5-14(19)15(9-12)25-11-17(24)22-8-2-1-3-13(22)10-21-16(23)6-7-20/h4-5,9,13H,1-3,6-8,10-11,20H2,(H,21,23). The Hall–Kier alpha value is -1.50. The molecule has 1 aliphatic heterocycles. The minimum absolute atomic E-state index is 0.0265. The molecule has 8 heteroatoms. The average molecular weight is 388 g/mol. The van der Waals surface area contributed by atoms with E-state index in [9.17, 15) is 9.59 Å². The summed E-state index contributed by atoms with van der Waals surface area (Å²) in [5, 5.41) is 3.73. The number of nitrogens with one attached hydrogen (secondary N) is 1. The van der Waals surface area contributed by atoms with Crippen molar-refractivity contribution in [1.29, 1.82) is 0 Å². The first kappa shape index (κ1) is 19.8. The van der Waals surface area contributed by atoms with Crippen LogP contribution in [0.1, 0.15) is 25.7 Å². The molecule has 1 heterocycles. The zero-order chi connectivity index (χ0) is 18.2. The summed E-state index contributed by atoms with van der Waals surface area (Å²) in [7, 11) is 0. The zero-order valence-electron chi connectivity index (χ0n) is 14.0. The lowest BCUT2D eigenvalue weighted by atomic mass is 10.0. The van der Waals surface area contributed by atoms with Gasteiger partial charge in [-0.25, -0.2) is 0 Å². The fraction of sp³-hybridized carbons (Fsp3) is 0.529. The van der Waals surface area contributed by atoms with E-state index >= 15 is 0 Å². The van der Waals surface area contributed by atoms with Crippen molar-refractivity contribution in [2.45, 2.75) is 31.7 Å². The molecule has 1 atom stereocenters. The molecule has 0 bridgehead atoms. The first-order chi connectivity index (χ1) is 12.0. The van der Waals surface area contributed by atoms with Crippen molar-refractivity contribution >= 4 is 35.0 Å². The largest absolute Gasteiger partial charge is 0.482 e. The Morgan fingerprint density at radius 3 is 2.88 bits per heavy atom. The first-order valence-electron chi connectivity index (χ1n) is 8.35. The predicted octanol–water partition coefficient (Wildman–Crippen LogP) is 2.22. The van der Waals surface area contributed by atoms with Crippen LogP contribution in [0.4, 0.5) is 0 Å². The highest BCUT2D eigenvalue weighted by molar-refractivity contribution is 6.34. The third kappa shape index (κ3) is 6.06. The van der Waals surface area contributed by atoms with Crippen LogP contribution in [0.5, 0.6) is 5.75 Å². The number of hydrogen-bond donors (Lipinski definition) is 2. The van der Waals surface area contributed by atoms with Crippen molar-refractivity contribution in [3.8, 4) is 5.75 Å². The number of nitrogens with zero attached hydrogens (tertiary/aromatic N) is 1. The van der Waals surface area contributed by atoms with Crippen LogP contribution in [-0.2, 0) is 9.59 Å². The number of carbonyl (C=O) groups excluding carboxylic acids is 2. The summed E-state index contributed by atoms with van der Waals surface area (Å²) >= 11 is 12.0. The van der Waals surface area contributed by atoms with Gasteiger partial charge in [0.2, 0.25) is 5.91 Å². The van der Waals surface area contributed by atoms with Crippen LogP contribution < -0.4 is 15.8 Å². The molecular weight excluding hydrogens is 365 g/mol. The summed E-state index contributed by atoms with van der Waals surface area (Å²) in [5.41, 5.74) is 5.37. The number of nitrogens with two attached hydrogens (primary N) is 1. The maximum atomic E-state index is 12.5. The molecule has 6 nitrogen and oxygen atoms in total. The van der Waals surface area contributed by atoms with Gasteiger partial charge >= 0.3 is 0 Å². The smallest absolute Gasteiger partial charge is 0.260 e. The maximum Gasteiger partial charge on any atom is 0.260 e.